The molecule has 4 rings (SSSR count). The van der Waals surface area contributed by atoms with Crippen molar-refractivity contribution in [2.75, 3.05) is 11.5 Å². The van der Waals surface area contributed by atoms with E-state index in [-0.39, 0.29) is 17.3 Å². The second kappa shape index (κ2) is 10.2. The maximum Gasteiger partial charge on any atom is 0.300 e. The lowest BCUT2D eigenvalue weighted by molar-refractivity contribution is -0.132. The highest BCUT2D eigenvalue weighted by Gasteiger charge is 2.46. The number of rotatable bonds is 7. The zero-order valence-corrected chi connectivity index (χ0v) is 20.6. The Morgan fingerprint density at radius 2 is 1.66 bits per heavy atom. The van der Waals surface area contributed by atoms with Crippen molar-refractivity contribution in [2.45, 2.75) is 46.1 Å². The minimum Gasteiger partial charge on any atom is -0.507 e. The lowest BCUT2D eigenvalue weighted by Crippen LogP contribution is -2.29. The number of benzene rings is 3. The third kappa shape index (κ3) is 4.59. The summed E-state index contributed by atoms with van der Waals surface area (Å²) in [4.78, 5) is 28.2. The van der Waals surface area contributed by atoms with Gasteiger partial charge in [-0.25, -0.2) is 0 Å². The van der Waals surface area contributed by atoms with Crippen LogP contribution >= 0.6 is 0 Å². The van der Waals surface area contributed by atoms with Crippen molar-refractivity contribution in [3.8, 4) is 5.75 Å². The van der Waals surface area contributed by atoms with E-state index in [1.165, 1.54) is 4.90 Å². The van der Waals surface area contributed by atoms with E-state index in [0.29, 0.717) is 17.9 Å². The summed E-state index contributed by atoms with van der Waals surface area (Å²) in [6.45, 7) is 8.61. The van der Waals surface area contributed by atoms with Crippen LogP contribution in [0.1, 0.15) is 61.9 Å². The van der Waals surface area contributed by atoms with Crippen molar-refractivity contribution in [3.63, 3.8) is 0 Å². The highest BCUT2D eigenvalue weighted by molar-refractivity contribution is 6.51. The zero-order chi connectivity index (χ0) is 25.1. The Morgan fingerprint density at radius 3 is 2.26 bits per heavy atom. The first-order valence-corrected chi connectivity index (χ1v) is 12.1. The van der Waals surface area contributed by atoms with Gasteiger partial charge in [0.1, 0.15) is 11.5 Å². The molecule has 1 aliphatic rings. The molecule has 1 aliphatic heterocycles. The predicted octanol–water partition coefficient (Wildman–Crippen LogP) is 6.40. The molecule has 0 bridgehead atoms. The van der Waals surface area contributed by atoms with Gasteiger partial charge >= 0.3 is 0 Å². The van der Waals surface area contributed by atoms with Gasteiger partial charge in [-0.2, -0.15) is 0 Å². The van der Waals surface area contributed by atoms with Gasteiger partial charge in [-0.15, -0.1) is 0 Å². The molecule has 1 saturated heterocycles. The SMILES string of the molecule is CCOc1ccc(/C(O)=C2/C(=O)C(=O)N(c3ccc(CC)cc3)C2c2ccccc2)cc1C(C)C. The highest BCUT2D eigenvalue weighted by atomic mass is 16.5. The van der Waals surface area contributed by atoms with Crippen molar-refractivity contribution in [1.82, 2.24) is 0 Å². The molecule has 0 saturated carbocycles. The molecule has 0 radical (unpaired) electrons. The molecule has 1 heterocycles. The van der Waals surface area contributed by atoms with Crippen LogP contribution in [0.25, 0.3) is 5.76 Å². The first-order chi connectivity index (χ1) is 16.9. The van der Waals surface area contributed by atoms with E-state index in [9.17, 15) is 14.7 Å². The van der Waals surface area contributed by atoms with E-state index in [4.69, 9.17) is 4.74 Å². The summed E-state index contributed by atoms with van der Waals surface area (Å²) < 4.78 is 5.75. The van der Waals surface area contributed by atoms with Gasteiger partial charge in [-0.05, 0) is 66.3 Å². The number of carbonyl (C=O) groups is 2. The number of carbonyl (C=O) groups excluding carboxylic acids is 2. The smallest absolute Gasteiger partial charge is 0.300 e. The minimum absolute atomic E-state index is 0.0830. The van der Waals surface area contributed by atoms with Gasteiger partial charge in [0.15, 0.2) is 0 Å². The average molecular weight is 470 g/mol. The van der Waals surface area contributed by atoms with Crippen molar-refractivity contribution in [1.29, 1.82) is 0 Å². The Kier molecular flexibility index (Phi) is 7.06. The topological polar surface area (TPSA) is 66.8 Å². The lowest BCUT2D eigenvalue weighted by Gasteiger charge is -2.25. The monoisotopic (exact) mass is 469 g/mol. The zero-order valence-electron chi connectivity index (χ0n) is 20.6. The van der Waals surface area contributed by atoms with Crippen LogP contribution in [-0.2, 0) is 16.0 Å². The van der Waals surface area contributed by atoms with Gasteiger partial charge in [-0.1, -0.05) is 63.2 Å². The number of ether oxygens (including phenoxy) is 1. The molecule has 3 aromatic rings. The molecule has 180 valence electrons. The molecule has 0 spiro atoms. The van der Waals surface area contributed by atoms with Crippen LogP contribution in [0.4, 0.5) is 5.69 Å². The number of hydrogen-bond acceptors (Lipinski definition) is 4. The standard InChI is InChI=1S/C30H31NO4/c1-5-20-12-15-23(16-13-20)31-27(21-10-8-7-9-11-21)26(29(33)30(31)34)28(32)22-14-17-25(35-6-2)24(18-22)19(3)4/h7-19,27,32H,5-6H2,1-4H3/b28-26-. The number of aliphatic hydroxyl groups is 1. The quantitative estimate of drug-likeness (QED) is 0.247. The summed E-state index contributed by atoms with van der Waals surface area (Å²) in [6.07, 6.45) is 0.872. The van der Waals surface area contributed by atoms with Crippen LogP contribution in [0.5, 0.6) is 5.75 Å². The van der Waals surface area contributed by atoms with E-state index in [0.717, 1.165) is 28.9 Å². The lowest BCUT2D eigenvalue weighted by atomic mass is 9.93. The predicted molar refractivity (Wildman–Crippen MR) is 139 cm³/mol. The number of amides is 1. The summed E-state index contributed by atoms with van der Waals surface area (Å²) in [5.41, 5.74) is 4.00. The van der Waals surface area contributed by atoms with Gasteiger partial charge in [0.05, 0.1) is 18.2 Å². The fourth-order valence-corrected chi connectivity index (χ4v) is 4.53. The number of aryl methyl sites for hydroxylation is 1. The molecule has 1 atom stereocenters. The van der Waals surface area contributed by atoms with Crippen molar-refractivity contribution >= 4 is 23.1 Å². The van der Waals surface area contributed by atoms with Crippen molar-refractivity contribution in [3.05, 3.63) is 101 Å². The molecular weight excluding hydrogens is 438 g/mol. The van der Waals surface area contributed by atoms with Crippen LogP contribution in [0, 0.1) is 0 Å². The van der Waals surface area contributed by atoms with E-state index in [2.05, 4.69) is 6.92 Å². The second-order valence-corrected chi connectivity index (χ2v) is 8.94. The summed E-state index contributed by atoms with van der Waals surface area (Å²) in [6, 6.07) is 21.6. The Morgan fingerprint density at radius 1 is 0.971 bits per heavy atom. The first kappa shape index (κ1) is 24.3. The second-order valence-electron chi connectivity index (χ2n) is 8.94. The summed E-state index contributed by atoms with van der Waals surface area (Å²) >= 11 is 0. The fourth-order valence-electron chi connectivity index (χ4n) is 4.53. The van der Waals surface area contributed by atoms with Crippen LogP contribution in [0.15, 0.2) is 78.4 Å². The first-order valence-electron chi connectivity index (χ1n) is 12.1. The molecule has 35 heavy (non-hydrogen) atoms. The van der Waals surface area contributed by atoms with Gasteiger partial charge in [0.2, 0.25) is 0 Å². The van der Waals surface area contributed by atoms with Gasteiger partial charge in [-0.3, -0.25) is 14.5 Å². The number of nitrogens with zero attached hydrogens (tertiary/aromatic N) is 1. The number of Topliss-reactive ketones (excluding diaryl/α,β-unsaturated/α-hetero) is 1. The molecular formula is C30H31NO4. The molecule has 5 nitrogen and oxygen atoms in total. The van der Waals surface area contributed by atoms with Crippen LogP contribution in [0.3, 0.4) is 0 Å². The van der Waals surface area contributed by atoms with Crippen LogP contribution in [0.2, 0.25) is 0 Å². The molecule has 0 aromatic heterocycles. The Labute approximate surface area is 206 Å². The molecule has 1 N–H and O–H groups in total. The normalized spacial score (nSPS) is 17.3. The maximum absolute atomic E-state index is 13.4. The Bertz CT molecular complexity index is 1260. The summed E-state index contributed by atoms with van der Waals surface area (Å²) in [5, 5.41) is 11.5. The molecule has 5 heteroatoms. The van der Waals surface area contributed by atoms with E-state index in [1.54, 1.807) is 6.07 Å². The largest absolute Gasteiger partial charge is 0.507 e. The number of anilines is 1. The average Bonchev–Trinajstić information content (AvgIpc) is 3.14. The number of ketones is 1. The molecule has 3 aromatic carbocycles. The summed E-state index contributed by atoms with van der Waals surface area (Å²) in [7, 11) is 0. The van der Waals surface area contributed by atoms with Gasteiger partial charge in [0, 0.05) is 11.3 Å². The van der Waals surface area contributed by atoms with Crippen LogP contribution in [-0.4, -0.2) is 23.4 Å². The Hall–Kier alpha value is -3.86. The van der Waals surface area contributed by atoms with Crippen molar-refractivity contribution < 1.29 is 19.4 Å². The van der Waals surface area contributed by atoms with Gasteiger partial charge in [0.25, 0.3) is 11.7 Å². The molecule has 1 amide bonds. The van der Waals surface area contributed by atoms with Gasteiger partial charge < -0.3 is 9.84 Å². The van der Waals surface area contributed by atoms with Crippen molar-refractivity contribution in [2.24, 2.45) is 0 Å². The third-order valence-corrected chi connectivity index (χ3v) is 6.39. The van der Waals surface area contributed by atoms with E-state index >= 15 is 0 Å². The van der Waals surface area contributed by atoms with E-state index in [1.807, 2.05) is 87.5 Å². The third-order valence-electron chi connectivity index (χ3n) is 6.39. The maximum atomic E-state index is 13.4. The number of aliphatic hydroxyl groups excluding tert-OH is 1. The summed E-state index contributed by atoms with van der Waals surface area (Å²) in [5.74, 6) is -0.644. The molecule has 0 aliphatic carbocycles. The molecule has 1 fully saturated rings. The fraction of sp³-hybridized carbons (Fsp3) is 0.267. The van der Waals surface area contributed by atoms with E-state index < -0.39 is 17.7 Å². The molecule has 1 unspecified atom stereocenters. The van der Waals surface area contributed by atoms with Crippen LogP contribution < -0.4 is 9.64 Å². The number of hydrogen-bond donors (Lipinski definition) is 1. The Balaban J connectivity index is 1.90. The highest BCUT2D eigenvalue weighted by Crippen LogP contribution is 2.42. The minimum atomic E-state index is -0.738.